The van der Waals surface area contributed by atoms with Crippen molar-refractivity contribution in [2.45, 2.75) is 24.3 Å². The van der Waals surface area contributed by atoms with Gasteiger partial charge < -0.3 is 9.84 Å². The molecule has 0 aromatic carbocycles. The van der Waals surface area contributed by atoms with Crippen LogP contribution in [0.1, 0.15) is 11.3 Å². The van der Waals surface area contributed by atoms with E-state index in [0.29, 0.717) is 8.66 Å². The van der Waals surface area contributed by atoms with Crippen molar-refractivity contribution in [3.63, 3.8) is 0 Å². The van der Waals surface area contributed by atoms with Gasteiger partial charge in [0.1, 0.15) is 6.04 Å². The average molecular weight is 386 g/mol. The molecule has 0 bridgehead atoms. The van der Waals surface area contributed by atoms with Gasteiger partial charge in [-0.15, -0.1) is 11.3 Å². The van der Waals surface area contributed by atoms with Gasteiger partial charge in [0.15, 0.2) is 0 Å². The van der Waals surface area contributed by atoms with Gasteiger partial charge in [0.25, 0.3) is 0 Å². The van der Waals surface area contributed by atoms with Crippen LogP contribution in [-0.2, 0) is 24.3 Å². The zero-order valence-corrected chi connectivity index (χ0v) is 13.8. The predicted molar refractivity (Wildman–Crippen MR) is 75.1 cm³/mol. The second-order valence-electron chi connectivity index (χ2n) is 3.76. The molecule has 0 amide bonds. The van der Waals surface area contributed by atoms with Crippen molar-refractivity contribution in [1.82, 2.24) is 4.72 Å². The number of sulfonamides is 1. The van der Waals surface area contributed by atoms with Crippen molar-refractivity contribution in [3.8, 4) is 0 Å². The summed E-state index contributed by atoms with van der Waals surface area (Å²) in [6, 6.07) is -0.204. The smallest absolute Gasteiger partial charge is 0.322 e. The number of hydrogen-bond acceptors (Lipinski definition) is 6. The third-order valence-electron chi connectivity index (χ3n) is 2.33. The third kappa shape index (κ3) is 4.27. The quantitative estimate of drug-likeness (QED) is 0.709. The molecule has 0 aliphatic heterocycles. The number of aryl methyl sites for hydroxylation is 1. The zero-order chi connectivity index (χ0) is 15.5. The first-order chi connectivity index (χ1) is 9.17. The Bertz CT molecular complexity index is 624. The van der Waals surface area contributed by atoms with Crippen LogP contribution in [0.4, 0.5) is 0 Å². The highest BCUT2D eigenvalue weighted by Gasteiger charge is 2.29. The number of hydrogen-bond donors (Lipinski definition) is 2. The topological polar surface area (TPSA) is 110 Å². The molecule has 7 nitrogen and oxygen atoms in total. The number of thiophene rings is 1. The molecule has 0 fully saturated rings. The summed E-state index contributed by atoms with van der Waals surface area (Å²) < 4.78 is 31.1. The summed E-state index contributed by atoms with van der Waals surface area (Å²) in [6.07, 6.45) is -0.588. The fraction of sp³-hybridized carbons (Fsp3) is 0.400. The van der Waals surface area contributed by atoms with Crippen LogP contribution < -0.4 is 4.72 Å². The van der Waals surface area contributed by atoms with E-state index in [-0.39, 0.29) is 4.90 Å². The van der Waals surface area contributed by atoms with E-state index >= 15 is 0 Å². The van der Waals surface area contributed by atoms with E-state index in [9.17, 15) is 18.0 Å². The molecule has 0 saturated heterocycles. The number of methoxy groups -OCH3 is 1. The van der Waals surface area contributed by atoms with Gasteiger partial charge in [-0.1, -0.05) is 0 Å². The number of carbonyl (C=O) groups excluding carboxylic acids is 1. The second kappa shape index (κ2) is 6.66. The molecule has 0 unspecified atom stereocenters. The van der Waals surface area contributed by atoms with Gasteiger partial charge in [-0.25, -0.2) is 8.42 Å². The molecule has 1 atom stereocenters. The summed E-state index contributed by atoms with van der Waals surface area (Å²) in [7, 11) is -2.93. The van der Waals surface area contributed by atoms with E-state index in [1.165, 1.54) is 17.4 Å². The normalized spacial score (nSPS) is 12.9. The van der Waals surface area contributed by atoms with Crippen LogP contribution in [0.3, 0.4) is 0 Å². The van der Waals surface area contributed by atoms with Crippen LogP contribution in [0.25, 0.3) is 0 Å². The van der Waals surface area contributed by atoms with Gasteiger partial charge in [-0.3, -0.25) is 9.59 Å². The highest BCUT2D eigenvalue weighted by Crippen LogP contribution is 2.29. The summed E-state index contributed by atoms with van der Waals surface area (Å²) in [5.41, 5.74) is 0. The van der Waals surface area contributed by atoms with E-state index in [1.54, 1.807) is 6.92 Å². The van der Waals surface area contributed by atoms with Gasteiger partial charge in [0.05, 0.1) is 22.2 Å². The maximum absolute atomic E-state index is 12.1. The molecule has 20 heavy (non-hydrogen) atoms. The number of carboxylic acids is 1. The zero-order valence-electron chi connectivity index (χ0n) is 10.5. The maximum Gasteiger partial charge on any atom is 0.322 e. The Morgan fingerprint density at radius 3 is 2.55 bits per heavy atom. The first kappa shape index (κ1) is 17.1. The molecule has 1 aromatic rings. The van der Waals surface area contributed by atoms with E-state index in [4.69, 9.17) is 5.11 Å². The van der Waals surface area contributed by atoms with E-state index in [1.807, 2.05) is 4.72 Å². The fourth-order valence-corrected chi connectivity index (χ4v) is 4.98. The number of carbonyl (C=O) groups is 2. The molecule has 0 aliphatic carbocycles. The summed E-state index contributed by atoms with van der Waals surface area (Å²) in [5.74, 6) is -2.27. The maximum atomic E-state index is 12.1. The summed E-state index contributed by atoms with van der Waals surface area (Å²) >= 11 is 4.37. The Hall–Kier alpha value is -0.970. The molecular formula is C10H12BrNO6S2. The molecular weight excluding hydrogens is 374 g/mol. The second-order valence-corrected chi connectivity index (χ2v) is 8.08. The summed E-state index contributed by atoms with van der Waals surface area (Å²) in [4.78, 5) is 22.6. The number of nitrogens with one attached hydrogen (secondary N) is 1. The molecule has 0 radical (unpaired) electrons. The van der Waals surface area contributed by atoms with Crippen molar-refractivity contribution in [1.29, 1.82) is 0 Å². The number of carboxylic acid groups (broad SMARTS) is 1. The number of halogens is 1. The van der Waals surface area contributed by atoms with E-state index < -0.39 is 34.4 Å². The molecule has 0 spiro atoms. The number of esters is 1. The lowest BCUT2D eigenvalue weighted by molar-refractivity contribution is -0.147. The minimum Gasteiger partial charge on any atom is -0.480 e. The Balaban J connectivity index is 3.00. The first-order valence-electron chi connectivity index (χ1n) is 5.25. The Kier molecular flexibility index (Phi) is 5.68. The highest BCUT2D eigenvalue weighted by atomic mass is 79.9. The van der Waals surface area contributed by atoms with Crippen molar-refractivity contribution in [2.24, 2.45) is 0 Å². The molecule has 1 aromatic heterocycles. The molecule has 112 valence electrons. The summed E-state index contributed by atoms with van der Waals surface area (Å²) in [5, 5.41) is 8.96. The van der Waals surface area contributed by atoms with Crippen LogP contribution in [0.2, 0.25) is 0 Å². The number of ether oxygens (including phenoxy) is 1. The Morgan fingerprint density at radius 1 is 1.55 bits per heavy atom. The van der Waals surface area contributed by atoms with E-state index in [2.05, 4.69) is 20.7 Å². The van der Waals surface area contributed by atoms with Crippen molar-refractivity contribution >= 4 is 49.2 Å². The van der Waals surface area contributed by atoms with Crippen LogP contribution in [0, 0.1) is 6.92 Å². The lowest BCUT2D eigenvalue weighted by atomic mass is 10.2. The Labute approximate surface area is 128 Å². The lowest BCUT2D eigenvalue weighted by Crippen LogP contribution is -2.42. The van der Waals surface area contributed by atoms with Crippen molar-refractivity contribution in [3.05, 3.63) is 14.7 Å². The first-order valence-corrected chi connectivity index (χ1v) is 8.34. The van der Waals surface area contributed by atoms with Crippen LogP contribution in [0.5, 0.6) is 0 Å². The fourth-order valence-electron chi connectivity index (χ4n) is 1.38. The van der Waals surface area contributed by atoms with Crippen LogP contribution >= 0.6 is 27.3 Å². The Morgan fingerprint density at radius 2 is 2.15 bits per heavy atom. The average Bonchev–Trinajstić information content (AvgIpc) is 2.67. The molecule has 1 heterocycles. The molecule has 0 saturated carbocycles. The molecule has 0 aliphatic rings. The monoisotopic (exact) mass is 385 g/mol. The molecule has 10 heteroatoms. The molecule has 1 rings (SSSR count). The van der Waals surface area contributed by atoms with Gasteiger partial charge in [-0.2, -0.15) is 4.72 Å². The largest absolute Gasteiger partial charge is 0.480 e. The van der Waals surface area contributed by atoms with Crippen LogP contribution in [-0.4, -0.2) is 38.6 Å². The summed E-state index contributed by atoms with van der Waals surface area (Å²) in [6.45, 7) is 1.60. The number of aliphatic carboxylic acids is 1. The van der Waals surface area contributed by atoms with Gasteiger partial charge >= 0.3 is 11.9 Å². The SMILES string of the molecule is COC(=O)C[C@H](NS(=O)(=O)c1cc(Br)sc1C)C(=O)O. The standard InChI is InChI=1S/C10H12BrNO6S2/c1-5-7(4-8(11)19-5)20(16,17)12-6(10(14)15)3-9(13)18-2/h4,6,12H,3H2,1-2H3,(H,14,15)/t6-/m0/s1. The van der Waals surface area contributed by atoms with Crippen molar-refractivity contribution < 1.29 is 27.9 Å². The third-order valence-corrected chi connectivity index (χ3v) is 5.61. The van der Waals surface area contributed by atoms with Gasteiger partial charge in [0.2, 0.25) is 10.0 Å². The van der Waals surface area contributed by atoms with Gasteiger partial charge in [0, 0.05) is 4.88 Å². The highest BCUT2D eigenvalue weighted by molar-refractivity contribution is 9.11. The molecule has 2 N–H and O–H groups in total. The van der Waals surface area contributed by atoms with E-state index in [0.717, 1.165) is 7.11 Å². The minimum atomic E-state index is -4.03. The van der Waals surface area contributed by atoms with Crippen LogP contribution in [0.15, 0.2) is 14.7 Å². The minimum absolute atomic E-state index is 0.0227. The van der Waals surface area contributed by atoms with Gasteiger partial charge in [-0.05, 0) is 28.9 Å². The lowest BCUT2D eigenvalue weighted by Gasteiger charge is -2.13. The number of rotatable bonds is 6. The van der Waals surface area contributed by atoms with Crippen molar-refractivity contribution in [2.75, 3.05) is 7.11 Å². The predicted octanol–water partition coefficient (Wildman–Crippen LogP) is 1.11.